The van der Waals surface area contributed by atoms with Crippen LogP contribution in [0.15, 0.2) is 48.5 Å². The van der Waals surface area contributed by atoms with Gasteiger partial charge in [0.2, 0.25) is 5.91 Å². The highest BCUT2D eigenvalue weighted by atomic mass is 16.5. The fourth-order valence-corrected chi connectivity index (χ4v) is 3.08. The van der Waals surface area contributed by atoms with Crippen LogP contribution in [-0.2, 0) is 20.8 Å². The maximum Gasteiger partial charge on any atom is 0.279 e. The highest BCUT2D eigenvalue weighted by Crippen LogP contribution is 2.16. The number of carbonyl (C=O) groups is 3. The number of ether oxygens (including phenoxy) is 1. The number of hydrogen-bond donors (Lipinski definition) is 3. The van der Waals surface area contributed by atoms with Crippen LogP contribution in [0.4, 0.5) is 11.4 Å². The van der Waals surface area contributed by atoms with Gasteiger partial charge in [0.15, 0.2) is 13.1 Å². The van der Waals surface area contributed by atoms with Gasteiger partial charge >= 0.3 is 0 Å². The average molecular weight is 428 g/mol. The molecule has 0 heterocycles. The largest absolute Gasteiger partial charge is 0.497 e. The summed E-state index contributed by atoms with van der Waals surface area (Å²) in [4.78, 5) is 39.1. The quantitative estimate of drug-likeness (QED) is 0.523. The van der Waals surface area contributed by atoms with Gasteiger partial charge in [-0.1, -0.05) is 31.2 Å². The van der Waals surface area contributed by atoms with Crippen molar-refractivity contribution >= 4 is 29.1 Å². The van der Waals surface area contributed by atoms with E-state index in [9.17, 15) is 14.4 Å². The van der Waals surface area contributed by atoms with E-state index in [4.69, 9.17) is 4.74 Å². The molecule has 2 rings (SSSR count). The number of hydrogen-bond acceptors (Lipinski definition) is 4. The van der Waals surface area contributed by atoms with E-state index in [1.807, 2.05) is 31.2 Å². The highest BCUT2D eigenvalue weighted by Gasteiger charge is 2.19. The molecule has 31 heavy (non-hydrogen) atoms. The maximum absolute atomic E-state index is 12.5. The monoisotopic (exact) mass is 427 g/mol. The Balaban J connectivity index is 1.80. The van der Waals surface area contributed by atoms with Crippen LogP contribution in [0.25, 0.3) is 0 Å². The van der Waals surface area contributed by atoms with Gasteiger partial charge in [0.05, 0.1) is 20.7 Å². The van der Waals surface area contributed by atoms with Gasteiger partial charge in [-0.2, -0.15) is 0 Å². The Morgan fingerprint density at radius 1 is 1.00 bits per heavy atom. The molecular weight excluding hydrogens is 396 g/mol. The van der Waals surface area contributed by atoms with Gasteiger partial charge in [-0.3, -0.25) is 14.4 Å². The Morgan fingerprint density at radius 3 is 2.45 bits per heavy atom. The number of amides is 3. The number of para-hydroxylation sites is 1. The Kier molecular flexibility index (Phi) is 9.02. The molecule has 8 nitrogen and oxygen atoms in total. The number of anilines is 2. The fourth-order valence-electron chi connectivity index (χ4n) is 3.08. The first-order valence-electron chi connectivity index (χ1n) is 10.2. The van der Waals surface area contributed by atoms with Crippen LogP contribution >= 0.6 is 0 Å². The molecule has 3 N–H and O–H groups in total. The first kappa shape index (κ1) is 23.9. The van der Waals surface area contributed by atoms with Crippen molar-refractivity contribution in [2.24, 2.45) is 0 Å². The molecule has 1 unspecified atom stereocenters. The smallest absolute Gasteiger partial charge is 0.279 e. The van der Waals surface area contributed by atoms with Crippen molar-refractivity contribution in [1.82, 2.24) is 4.90 Å². The van der Waals surface area contributed by atoms with E-state index >= 15 is 0 Å². The van der Waals surface area contributed by atoms with Crippen LogP contribution in [0.3, 0.4) is 0 Å². The number of aryl methyl sites for hydroxylation is 1. The Morgan fingerprint density at radius 2 is 1.74 bits per heavy atom. The van der Waals surface area contributed by atoms with Gasteiger partial charge in [0.25, 0.3) is 11.8 Å². The van der Waals surface area contributed by atoms with Crippen molar-refractivity contribution < 1.29 is 24.0 Å². The van der Waals surface area contributed by atoms with Crippen LogP contribution < -0.4 is 20.3 Å². The number of quaternary nitrogens is 1. The zero-order valence-corrected chi connectivity index (χ0v) is 18.5. The zero-order valence-electron chi connectivity index (χ0n) is 18.5. The lowest BCUT2D eigenvalue weighted by Gasteiger charge is -2.20. The summed E-state index contributed by atoms with van der Waals surface area (Å²) < 4.78 is 5.13. The molecule has 0 saturated carbocycles. The second kappa shape index (κ2) is 11.7. The number of likely N-dealkylation sites (N-methyl/N-ethyl adjacent to an activating group) is 2. The molecule has 0 saturated heterocycles. The standard InChI is InChI=1S/C23H30N4O4/c1-5-17-9-6-7-12-20(17)25-21(28)14-26(2)16-23(30)27(3)15-22(29)24-18-10-8-11-19(13-18)31-4/h6-13H,5,14-16H2,1-4H3,(H,24,29)(H,25,28)/p+1. The summed E-state index contributed by atoms with van der Waals surface area (Å²) in [6.45, 7) is 2.19. The molecule has 166 valence electrons. The first-order chi connectivity index (χ1) is 14.8. The normalized spacial score (nSPS) is 11.4. The molecule has 8 heteroatoms. The van der Waals surface area contributed by atoms with E-state index in [1.54, 1.807) is 45.5 Å². The number of nitrogens with one attached hydrogen (secondary N) is 3. The summed E-state index contributed by atoms with van der Waals surface area (Å²) in [5.74, 6) is -0.0624. The lowest BCUT2D eigenvalue weighted by molar-refractivity contribution is -0.862. The molecule has 0 radical (unpaired) electrons. The molecule has 0 aliphatic rings. The summed E-state index contributed by atoms with van der Waals surface area (Å²) in [5.41, 5.74) is 2.45. The van der Waals surface area contributed by atoms with Gasteiger partial charge in [0, 0.05) is 24.5 Å². The fraction of sp³-hybridized carbons (Fsp3) is 0.348. The molecular formula is C23H31N4O4+. The molecule has 2 aromatic carbocycles. The van der Waals surface area contributed by atoms with Gasteiger partial charge in [-0.15, -0.1) is 0 Å². The van der Waals surface area contributed by atoms with Crippen LogP contribution in [0.5, 0.6) is 5.75 Å². The van der Waals surface area contributed by atoms with E-state index in [0.717, 1.165) is 22.6 Å². The lowest BCUT2D eigenvalue weighted by atomic mass is 10.1. The minimum absolute atomic E-state index is 0.0839. The zero-order chi connectivity index (χ0) is 22.8. The second-order valence-corrected chi connectivity index (χ2v) is 7.40. The lowest BCUT2D eigenvalue weighted by Crippen LogP contribution is -3.11. The van der Waals surface area contributed by atoms with Crippen molar-refractivity contribution in [2.45, 2.75) is 13.3 Å². The van der Waals surface area contributed by atoms with Gasteiger partial charge < -0.3 is 25.2 Å². The molecule has 1 atom stereocenters. The minimum Gasteiger partial charge on any atom is -0.497 e. The van der Waals surface area contributed by atoms with Gasteiger partial charge in [-0.25, -0.2) is 0 Å². The van der Waals surface area contributed by atoms with E-state index in [0.29, 0.717) is 11.4 Å². The highest BCUT2D eigenvalue weighted by molar-refractivity contribution is 5.95. The summed E-state index contributed by atoms with van der Waals surface area (Å²) in [5, 5.41) is 5.65. The molecule has 2 aromatic rings. The summed E-state index contributed by atoms with van der Waals surface area (Å²) >= 11 is 0. The van der Waals surface area contributed by atoms with Crippen molar-refractivity contribution in [2.75, 3.05) is 51.5 Å². The number of rotatable bonds is 10. The Labute approximate surface area is 183 Å². The predicted molar refractivity (Wildman–Crippen MR) is 120 cm³/mol. The van der Waals surface area contributed by atoms with E-state index in [2.05, 4.69) is 10.6 Å². The third-order valence-electron chi connectivity index (χ3n) is 4.75. The molecule has 0 bridgehead atoms. The predicted octanol–water partition coefficient (Wildman–Crippen LogP) is 0.808. The van der Waals surface area contributed by atoms with Gasteiger partial charge in [-0.05, 0) is 30.2 Å². The Hall–Kier alpha value is -3.39. The molecule has 0 fully saturated rings. The number of benzene rings is 2. The third-order valence-corrected chi connectivity index (χ3v) is 4.75. The molecule has 0 aromatic heterocycles. The summed E-state index contributed by atoms with van der Waals surface area (Å²) in [6, 6.07) is 14.6. The number of nitrogens with zero attached hydrogens (tertiary/aromatic N) is 1. The minimum atomic E-state index is -0.310. The average Bonchev–Trinajstić information content (AvgIpc) is 2.73. The summed E-state index contributed by atoms with van der Waals surface area (Å²) in [7, 11) is 4.89. The van der Waals surface area contributed by atoms with E-state index < -0.39 is 0 Å². The maximum atomic E-state index is 12.5. The van der Waals surface area contributed by atoms with Crippen molar-refractivity contribution in [1.29, 1.82) is 0 Å². The number of carbonyl (C=O) groups excluding carboxylic acids is 3. The third kappa shape index (κ3) is 7.75. The number of methoxy groups -OCH3 is 1. The van der Waals surface area contributed by atoms with Crippen molar-refractivity contribution in [3.63, 3.8) is 0 Å². The van der Waals surface area contributed by atoms with E-state index in [-0.39, 0.29) is 37.4 Å². The first-order valence-corrected chi connectivity index (χ1v) is 10.2. The second-order valence-electron chi connectivity index (χ2n) is 7.40. The molecule has 0 aliphatic carbocycles. The van der Waals surface area contributed by atoms with Crippen LogP contribution in [0.2, 0.25) is 0 Å². The van der Waals surface area contributed by atoms with Crippen LogP contribution in [0, 0.1) is 0 Å². The van der Waals surface area contributed by atoms with Crippen LogP contribution in [0.1, 0.15) is 12.5 Å². The van der Waals surface area contributed by atoms with Crippen LogP contribution in [-0.4, -0.2) is 63.5 Å². The Bertz CT molecular complexity index is 916. The summed E-state index contributed by atoms with van der Waals surface area (Å²) in [6.07, 6.45) is 0.820. The SMILES string of the molecule is CCc1ccccc1NC(=O)C[NH+](C)CC(=O)N(C)CC(=O)Nc1cccc(OC)c1. The van der Waals surface area contributed by atoms with Crippen molar-refractivity contribution in [3.05, 3.63) is 54.1 Å². The topological polar surface area (TPSA) is 92.2 Å². The van der Waals surface area contributed by atoms with Gasteiger partial charge in [0.1, 0.15) is 5.75 Å². The van der Waals surface area contributed by atoms with E-state index in [1.165, 1.54) is 4.90 Å². The van der Waals surface area contributed by atoms with Crippen molar-refractivity contribution in [3.8, 4) is 5.75 Å². The molecule has 0 spiro atoms. The molecule has 3 amide bonds. The molecule has 0 aliphatic heterocycles.